The van der Waals surface area contributed by atoms with E-state index in [0.717, 1.165) is 113 Å². The first-order valence-corrected chi connectivity index (χ1v) is 14.8. The fourth-order valence-electron chi connectivity index (χ4n) is 6.84. The maximum atomic E-state index is 13.8. The van der Waals surface area contributed by atoms with Gasteiger partial charge in [-0.3, -0.25) is 19.5 Å². The van der Waals surface area contributed by atoms with Crippen molar-refractivity contribution in [3.63, 3.8) is 0 Å². The second-order valence-electron chi connectivity index (χ2n) is 12.0. The minimum absolute atomic E-state index is 0.167. The summed E-state index contributed by atoms with van der Waals surface area (Å²) >= 11 is 0. The Balaban J connectivity index is 1.11. The van der Waals surface area contributed by atoms with E-state index < -0.39 is 5.54 Å². The van der Waals surface area contributed by atoms with Crippen LogP contribution in [0.2, 0.25) is 0 Å². The number of rotatable bonds is 6. The van der Waals surface area contributed by atoms with Gasteiger partial charge in [-0.2, -0.15) is 0 Å². The van der Waals surface area contributed by atoms with Crippen molar-refractivity contribution in [1.82, 2.24) is 20.1 Å². The summed E-state index contributed by atoms with van der Waals surface area (Å²) in [6.07, 6.45) is 8.72. The van der Waals surface area contributed by atoms with Crippen molar-refractivity contribution in [3.8, 4) is 11.1 Å². The molecule has 2 saturated heterocycles. The number of likely N-dealkylation sites (tertiary alicyclic amines) is 1. The average molecular weight is 527 g/mol. The lowest BCUT2D eigenvalue weighted by atomic mass is 9.97. The molecular formula is C31H38N6O2. The van der Waals surface area contributed by atoms with Gasteiger partial charge in [0.25, 0.3) is 5.91 Å². The Morgan fingerprint density at radius 3 is 2.44 bits per heavy atom. The fraction of sp³-hybridized carbons (Fsp3) is 0.548. The number of aliphatic imine (C=N–C) groups is 1. The molecule has 39 heavy (non-hydrogen) atoms. The van der Waals surface area contributed by atoms with Gasteiger partial charge in [0.05, 0.1) is 0 Å². The molecule has 1 aromatic carbocycles. The summed E-state index contributed by atoms with van der Waals surface area (Å²) in [6.45, 7) is 6.12. The van der Waals surface area contributed by atoms with Crippen LogP contribution in [-0.4, -0.2) is 83.8 Å². The summed E-state index contributed by atoms with van der Waals surface area (Å²) < 4.78 is 0. The predicted molar refractivity (Wildman–Crippen MR) is 152 cm³/mol. The molecule has 1 atom stereocenters. The van der Waals surface area contributed by atoms with Crippen molar-refractivity contribution in [2.45, 2.75) is 50.5 Å². The van der Waals surface area contributed by atoms with Gasteiger partial charge in [0, 0.05) is 63.5 Å². The number of nitrogens with one attached hydrogen (secondary N) is 1. The molecule has 1 N–H and O–H groups in total. The van der Waals surface area contributed by atoms with E-state index in [1.807, 2.05) is 16.0 Å². The largest absolute Gasteiger partial charge is 0.354 e. The third kappa shape index (κ3) is 4.73. The summed E-state index contributed by atoms with van der Waals surface area (Å²) in [6, 6.07) is 12.7. The Hall–Kier alpha value is -3.26. The molecule has 2 aliphatic carbocycles. The van der Waals surface area contributed by atoms with E-state index in [0.29, 0.717) is 18.4 Å². The van der Waals surface area contributed by atoms with E-state index in [1.54, 1.807) is 0 Å². The molecule has 2 amide bonds. The van der Waals surface area contributed by atoms with E-state index >= 15 is 0 Å². The molecule has 7 rings (SSSR count). The molecule has 0 bridgehead atoms. The van der Waals surface area contributed by atoms with Gasteiger partial charge in [0.15, 0.2) is 0 Å². The Bertz CT molecular complexity index is 1270. The standard InChI is InChI=1S/C31H38N6O2/c38-29(25-7-8-25)36-16-10-22(20-36)21-37-28(34-31(30(37)39)11-1-2-12-31)24-5-3-23(4-6-24)26-9-13-33-27(19-26)35-17-14-32-15-18-35/h3-6,9,13,19,22,25,32H,1-2,7-8,10-12,14-18,20-21H2/t22-/m1/s1. The number of piperazine rings is 1. The summed E-state index contributed by atoms with van der Waals surface area (Å²) in [7, 11) is 0. The van der Waals surface area contributed by atoms with Crippen molar-refractivity contribution >= 4 is 23.5 Å². The molecule has 5 aliphatic rings. The van der Waals surface area contributed by atoms with Gasteiger partial charge < -0.3 is 15.1 Å². The summed E-state index contributed by atoms with van der Waals surface area (Å²) in [4.78, 5) is 42.5. The number of amides is 2. The van der Waals surface area contributed by atoms with Crippen LogP contribution in [0.1, 0.15) is 50.5 Å². The van der Waals surface area contributed by atoms with E-state index in [1.165, 1.54) is 0 Å². The maximum absolute atomic E-state index is 13.8. The normalized spacial score (nSPS) is 24.6. The molecule has 8 nitrogen and oxygen atoms in total. The van der Waals surface area contributed by atoms with Crippen molar-refractivity contribution < 1.29 is 9.59 Å². The highest BCUT2D eigenvalue weighted by molar-refractivity contribution is 6.15. The number of hydrogen-bond acceptors (Lipinski definition) is 6. The molecule has 4 fully saturated rings. The molecule has 0 radical (unpaired) electrons. The smallest absolute Gasteiger partial charge is 0.256 e. The zero-order valence-electron chi connectivity index (χ0n) is 22.6. The minimum Gasteiger partial charge on any atom is -0.354 e. The van der Waals surface area contributed by atoms with E-state index in [9.17, 15) is 9.59 Å². The highest BCUT2D eigenvalue weighted by Gasteiger charge is 2.50. The number of anilines is 1. The SMILES string of the molecule is O=C(C1CC1)N1CC[C@@H](CN2C(=O)C3(CCCC3)N=C2c2ccc(-c3ccnc(N4CCNCC4)c3)cc2)C1. The van der Waals surface area contributed by atoms with Crippen LogP contribution in [0, 0.1) is 11.8 Å². The van der Waals surface area contributed by atoms with Gasteiger partial charge in [-0.25, -0.2) is 4.98 Å². The van der Waals surface area contributed by atoms with Crippen LogP contribution < -0.4 is 10.2 Å². The number of amidine groups is 1. The number of carbonyl (C=O) groups excluding carboxylic acids is 2. The van der Waals surface area contributed by atoms with Gasteiger partial charge in [0.2, 0.25) is 5.91 Å². The molecule has 4 heterocycles. The summed E-state index contributed by atoms with van der Waals surface area (Å²) in [5, 5.41) is 3.40. The number of pyridine rings is 1. The first-order valence-electron chi connectivity index (χ1n) is 14.8. The van der Waals surface area contributed by atoms with E-state index in [-0.39, 0.29) is 11.8 Å². The van der Waals surface area contributed by atoms with Crippen LogP contribution in [0.15, 0.2) is 47.6 Å². The zero-order valence-corrected chi connectivity index (χ0v) is 22.6. The van der Waals surface area contributed by atoms with Crippen molar-refractivity contribution in [1.29, 1.82) is 0 Å². The second kappa shape index (κ2) is 10.0. The van der Waals surface area contributed by atoms with Crippen LogP contribution >= 0.6 is 0 Å². The van der Waals surface area contributed by atoms with Crippen LogP contribution in [0.5, 0.6) is 0 Å². The van der Waals surface area contributed by atoms with E-state index in [4.69, 9.17) is 4.99 Å². The molecule has 204 valence electrons. The Morgan fingerprint density at radius 2 is 1.69 bits per heavy atom. The van der Waals surface area contributed by atoms with Crippen molar-refractivity contribution in [2.24, 2.45) is 16.8 Å². The molecule has 8 heteroatoms. The van der Waals surface area contributed by atoms with Crippen molar-refractivity contribution in [3.05, 3.63) is 48.2 Å². The second-order valence-corrected chi connectivity index (χ2v) is 12.0. The lowest BCUT2D eigenvalue weighted by Crippen LogP contribution is -2.44. The lowest BCUT2D eigenvalue weighted by molar-refractivity contribution is -0.131. The highest BCUT2D eigenvalue weighted by atomic mass is 16.2. The van der Waals surface area contributed by atoms with E-state index in [2.05, 4.69) is 51.6 Å². The average Bonchev–Trinajstić information content (AvgIpc) is 3.43. The predicted octanol–water partition coefficient (Wildman–Crippen LogP) is 3.32. The first kappa shape index (κ1) is 24.8. The number of carbonyl (C=O) groups is 2. The Morgan fingerprint density at radius 1 is 0.949 bits per heavy atom. The topological polar surface area (TPSA) is 81.1 Å². The number of benzene rings is 1. The Kier molecular flexibility index (Phi) is 6.38. The number of aromatic nitrogens is 1. The molecular weight excluding hydrogens is 488 g/mol. The summed E-state index contributed by atoms with van der Waals surface area (Å²) in [5.41, 5.74) is 2.69. The van der Waals surface area contributed by atoms with Crippen LogP contribution in [-0.2, 0) is 9.59 Å². The van der Waals surface area contributed by atoms with Gasteiger partial charge in [0.1, 0.15) is 17.2 Å². The Labute approximate surface area is 230 Å². The number of hydrogen-bond donors (Lipinski definition) is 1. The van der Waals surface area contributed by atoms with Gasteiger partial charge >= 0.3 is 0 Å². The molecule has 3 aliphatic heterocycles. The third-order valence-corrected chi connectivity index (χ3v) is 9.28. The lowest BCUT2D eigenvalue weighted by Gasteiger charge is -2.28. The number of nitrogens with zero attached hydrogens (tertiary/aromatic N) is 5. The highest BCUT2D eigenvalue weighted by Crippen LogP contribution is 2.41. The molecule has 1 aromatic heterocycles. The molecule has 0 unspecified atom stereocenters. The maximum Gasteiger partial charge on any atom is 0.256 e. The van der Waals surface area contributed by atoms with Crippen molar-refractivity contribution in [2.75, 3.05) is 50.7 Å². The zero-order chi connectivity index (χ0) is 26.4. The van der Waals surface area contributed by atoms with Crippen LogP contribution in [0.4, 0.5) is 5.82 Å². The summed E-state index contributed by atoms with van der Waals surface area (Å²) in [5.74, 6) is 2.88. The monoisotopic (exact) mass is 526 g/mol. The molecule has 2 saturated carbocycles. The van der Waals surface area contributed by atoms with Crippen LogP contribution in [0.3, 0.4) is 0 Å². The van der Waals surface area contributed by atoms with Gasteiger partial charge in [-0.1, -0.05) is 37.1 Å². The fourth-order valence-corrected chi connectivity index (χ4v) is 6.84. The molecule has 1 spiro atoms. The minimum atomic E-state index is -0.584. The van der Waals surface area contributed by atoms with Crippen LogP contribution in [0.25, 0.3) is 11.1 Å². The quantitative estimate of drug-likeness (QED) is 0.625. The third-order valence-electron chi connectivity index (χ3n) is 9.28. The molecule has 2 aromatic rings. The first-order chi connectivity index (χ1) is 19.1. The van der Waals surface area contributed by atoms with Gasteiger partial charge in [-0.05, 0) is 61.3 Å². The van der Waals surface area contributed by atoms with Gasteiger partial charge in [-0.15, -0.1) is 0 Å².